The predicted molar refractivity (Wildman–Crippen MR) is 55.6 cm³/mol. The topological polar surface area (TPSA) is 38.9 Å². The zero-order valence-corrected chi connectivity index (χ0v) is 7.83. The molecule has 0 aliphatic rings. The molecule has 13 heavy (non-hydrogen) atoms. The zero-order valence-electron chi connectivity index (χ0n) is 7.83. The normalized spacial score (nSPS) is 10.6. The van der Waals surface area contributed by atoms with Crippen molar-refractivity contribution in [1.29, 1.82) is 0 Å². The van der Waals surface area contributed by atoms with Crippen LogP contribution < -0.4 is 5.73 Å². The van der Waals surface area contributed by atoms with Crippen LogP contribution >= 0.6 is 0 Å². The van der Waals surface area contributed by atoms with Gasteiger partial charge in [0.25, 0.3) is 0 Å². The molecule has 2 nitrogen and oxygen atoms in total. The lowest BCUT2D eigenvalue weighted by atomic mass is 10.1. The zero-order chi connectivity index (χ0) is 9.42. The van der Waals surface area contributed by atoms with E-state index in [4.69, 9.17) is 5.73 Å². The van der Waals surface area contributed by atoms with Crippen LogP contribution in [0.25, 0.3) is 10.9 Å². The maximum absolute atomic E-state index is 5.89. The Labute approximate surface area is 77.4 Å². The SMILES string of the molecule is Cc1ccc2nc(C)cc(N)c2c1. The summed E-state index contributed by atoms with van der Waals surface area (Å²) in [6, 6.07) is 8.03. The fourth-order valence-corrected chi connectivity index (χ4v) is 1.50. The van der Waals surface area contributed by atoms with Crippen LogP contribution in [-0.4, -0.2) is 4.98 Å². The molecule has 0 bridgehead atoms. The van der Waals surface area contributed by atoms with E-state index in [9.17, 15) is 0 Å². The first kappa shape index (κ1) is 8.05. The summed E-state index contributed by atoms with van der Waals surface area (Å²) >= 11 is 0. The fourth-order valence-electron chi connectivity index (χ4n) is 1.50. The number of nitrogens with zero attached hydrogens (tertiary/aromatic N) is 1. The van der Waals surface area contributed by atoms with Crippen LogP contribution in [0.3, 0.4) is 0 Å². The van der Waals surface area contributed by atoms with Crippen molar-refractivity contribution in [1.82, 2.24) is 4.98 Å². The second kappa shape index (κ2) is 2.73. The molecule has 0 saturated carbocycles. The summed E-state index contributed by atoms with van der Waals surface area (Å²) < 4.78 is 0. The molecule has 1 heterocycles. The van der Waals surface area contributed by atoms with Crippen molar-refractivity contribution < 1.29 is 0 Å². The summed E-state index contributed by atoms with van der Waals surface area (Å²) in [6.07, 6.45) is 0. The van der Waals surface area contributed by atoms with Crippen LogP contribution in [0.1, 0.15) is 11.3 Å². The van der Waals surface area contributed by atoms with Gasteiger partial charge in [-0.1, -0.05) is 11.6 Å². The van der Waals surface area contributed by atoms with Crippen LogP contribution in [0.4, 0.5) is 5.69 Å². The van der Waals surface area contributed by atoms with Gasteiger partial charge in [0, 0.05) is 16.8 Å². The van der Waals surface area contributed by atoms with E-state index in [1.807, 2.05) is 25.1 Å². The lowest BCUT2D eigenvalue weighted by Crippen LogP contribution is -1.92. The monoisotopic (exact) mass is 172 g/mol. The quantitative estimate of drug-likeness (QED) is 0.662. The number of rotatable bonds is 0. The van der Waals surface area contributed by atoms with Gasteiger partial charge in [0.1, 0.15) is 0 Å². The highest BCUT2D eigenvalue weighted by atomic mass is 14.7. The van der Waals surface area contributed by atoms with Gasteiger partial charge in [-0.05, 0) is 32.0 Å². The minimum Gasteiger partial charge on any atom is -0.398 e. The van der Waals surface area contributed by atoms with Crippen molar-refractivity contribution in [2.24, 2.45) is 0 Å². The first-order chi connectivity index (χ1) is 6.16. The van der Waals surface area contributed by atoms with Gasteiger partial charge >= 0.3 is 0 Å². The van der Waals surface area contributed by atoms with Crippen molar-refractivity contribution in [3.8, 4) is 0 Å². The van der Waals surface area contributed by atoms with Gasteiger partial charge in [-0.15, -0.1) is 0 Å². The third-order valence-electron chi connectivity index (χ3n) is 2.12. The second-order valence-electron chi connectivity index (χ2n) is 3.37. The molecule has 1 aromatic carbocycles. The summed E-state index contributed by atoms with van der Waals surface area (Å²) in [5.41, 5.74) is 9.85. The van der Waals surface area contributed by atoms with Gasteiger partial charge in [-0.2, -0.15) is 0 Å². The van der Waals surface area contributed by atoms with Gasteiger partial charge in [0.2, 0.25) is 0 Å². The second-order valence-corrected chi connectivity index (χ2v) is 3.37. The minimum atomic E-state index is 0.811. The molecule has 0 radical (unpaired) electrons. The van der Waals surface area contributed by atoms with Gasteiger partial charge in [-0.3, -0.25) is 4.98 Å². The van der Waals surface area contributed by atoms with E-state index in [2.05, 4.69) is 18.0 Å². The number of pyridine rings is 1. The standard InChI is InChI=1S/C11H12N2/c1-7-3-4-11-9(5-7)10(12)6-8(2)13-11/h3-6H,1-2H3,(H2,12,13). The lowest BCUT2D eigenvalue weighted by molar-refractivity contribution is 1.25. The molecule has 0 atom stereocenters. The van der Waals surface area contributed by atoms with Crippen molar-refractivity contribution in [3.63, 3.8) is 0 Å². The van der Waals surface area contributed by atoms with E-state index in [1.165, 1.54) is 5.56 Å². The number of nitrogens with two attached hydrogens (primary N) is 1. The Bertz CT molecular complexity index is 461. The van der Waals surface area contributed by atoms with E-state index in [-0.39, 0.29) is 0 Å². The largest absolute Gasteiger partial charge is 0.398 e. The third kappa shape index (κ3) is 1.35. The molecular weight excluding hydrogens is 160 g/mol. The Balaban J connectivity index is 2.87. The maximum Gasteiger partial charge on any atom is 0.0726 e. The van der Waals surface area contributed by atoms with Crippen LogP contribution in [0.5, 0.6) is 0 Å². The van der Waals surface area contributed by atoms with Gasteiger partial charge in [0.05, 0.1) is 5.52 Å². The molecule has 2 heteroatoms. The molecule has 0 unspecified atom stereocenters. The summed E-state index contributed by atoms with van der Waals surface area (Å²) in [7, 11) is 0. The summed E-state index contributed by atoms with van der Waals surface area (Å²) in [5, 5.41) is 1.05. The summed E-state index contributed by atoms with van der Waals surface area (Å²) in [5.74, 6) is 0. The number of anilines is 1. The molecule has 0 saturated heterocycles. The molecule has 0 aliphatic heterocycles. The van der Waals surface area contributed by atoms with Gasteiger partial charge in [-0.25, -0.2) is 0 Å². The molecule has 0 spiro atoms. The molecule has 66 valence electrons. The van der Waals surface area contributed by atoms with Crippen molar-refractivity contribution in [2.75, 3.05) is 5.73 Å². The number of hydrogen-bond donors (Lipinski definition) is 1. The van der Waals surface area contributed by atoms with Crippen LogP contribution in [0.2, 0.25) is 0 Å². The summed E-state index contributed by atoms with van der Waals surface area (Å²) in [6.45, 7) is 4.01. The van der Waals surface area contributed by atoms with Crippen LogP contribution in [0, 0.1) is 13.8 Å². The van der Waals surface area contributed by atoms with Crippen molar-refractivity contribution in [3.05, 3.63) is 35.5 Å². The highest BCUT2D eigenvalue weighted by Crippen LogP contribution is 2.21. The number of hydrogen-bond acceptors (Lipinski definition) is 2. The fraction of sp³-hybridized carbons (Fsp3) is 0.182. The van der Waals surface area contributed by atoms with E-state index in [1.54, 1.807) is 0 Å². The van der Waals surface area contributed by atoms with E-state index in [0.29, 0.717) is 0 Å². The molecular formula is C11H12N2. The van der Waals surface area contributed by atoms with Gasteiger partial charge in [0.15, 0.2) is 0 Å². The van der Waals surface area contributed by atoms with Crippen LogP contribution in [0.15, 0.2) is 24.3 Å². The lowest BCUT2D eigenvalue weighted by Gasteiger charge is -2.03. The molecule has 2 aromatic rings. The maximum atomic E-state index is 5.89. The average molecular weight is 172 g/mol. The molecule has 1 aromatic heterocycles. The molecule has 2 N–H and O–H groups in total. The highest BCUT2D eigenvalue weighted by molar-refractivity contribution is 5.90. The Morgan fingerprint density at radius 2 is 1.92 bits per heavy atom. The Kier molecular flexibility index (Phi) is 1.69. The average Bonchev–Trinajstić information content (AvgIpc) is 2.06. The predicted octanol–water partition coefficient (Wildman–Crippen LogP) is 2.43. The van der Waals surface area contributed by atoms with Crippen molar-refractivity contribution in [2.45, 2.75) is 13.8 Å². The molecule has 0 amide bonds. The van der Waals surface area contributed by atoms with Gasteiger partial charge < -0.3 is 5.73 Å². The number of benzene rings is 1. The summed E-state index contributed by atoms with van der Waals surface area (Å²) in [4.78, 5) is 4.40. The Hall–Kier alpha value is -1.57. The minimum absolute atomic E-state index is 0.811. The smallest absolute Gasteiger partial charge is 0.0726 e. The van der Waals surface area contributed by atoms with Crippen molar-refractivity contribution >= 4 is 16.6 Å². The third-order valence-corrected chi connectivity index (χ3v) is 2.12. The Morgan fingerprint density at radius 1 is 1.15 bits per heavy atom. The van der Waals surface area contributed by atoms with E-state index < -0.39 is 0 Å². The highest BCUT2D eigenvalue weighted by Gasteiger charge is 2.00. The van der Waals surface area contributed by atoms with E-state index in [0.717, 1.165) is 22.3 Å². The number of aryl methyl sites for hydroxylation is 2. The van der Waals surface area contributed by atoms with E-state index >= 15 is 0 Å². The first-order valence-electron chi connectivity index (χ1n) is 4.30. The first-order valence-corrected chi connectivity index (χ1v) is 4.30. The molecule has 0 fully saturated rings. The Morgan fingerprint density at radius 3 is 2.69 bits per heavy atom. The number of nitrogen functional groups attached to an aromatic ring is 1. The number of aromatic nitrogens is 1. The van der Waals surface area contributed by atoms with Crippen LogP contribution in [-0.2, 0) is 0 Å². The molecule has 2 rings (SSSR count). The number of fused-ring (bicyclic) bond motifs is 1. The molecule has 0 aliphatic carbocycles.